The molecule has 0 aliphatic carbocycles. The smallest absolute Gasteiger partial charge is 0.254 e. The monoisotopic (exact) mass is 288 g/mol. The molecule has 1 aromatic carbocycles. The van der Waals surface area contributed by atoms with Gasteiger partial charge in [-0.3, -0.25) is 4.79 Å². The number of nitrogens with zero attached hydrogens (tertiary/aromatic N) is 4. The fourth-order valence-corrected chi connectivity index (χ4v) is 2.11. The summed E-state index contributed by atoms with van der Waals surface area (Å²) < 4.78 is 6.98. The van der Waals surface area contributed by atoms with Crippen LogP contribution in [0.3, 0.4) is 0 Å². The van der Waals surface area contributed by atoms with Gasteiger partial charge in [-0.05, 0) is 35.0 Å². The number of carbonyl (C=O) groups excluding carboxylic acids is 1. The van der Waals surface area contributed by atoms with Crippen molar-refractivity contribution in [3.05, 3.63) is 30.1 Å². The first-order valence-electron chi connectivity index (χ1n) is 6.71. The van der Waals surface area contributed by atoms with Crippen LogP contribution < -0.4 is 10.6 Å². The van der Waals surface area contributed by atoms with Crippen LogP contribution in [0.2, 0.25) is 0 Å². The number of amides is 1. The highest BCUT2D eigenvalue weighted by molar-refractivity contribution is 5.95. The SMILES string of the molecule is Cc1ccc(-n2cnnn2)cc1NC(=O)C1CNCCO1. The third-order valence-corrected chi connectivity index (χ3v) is 3.31. The lowest BCUT2D eigenvalue weighted by atomic mass is 10.1. The molecule has 0 bridgehead atoms. The molecule has 2 N–H and O–H groups in total. The highest BCUT2D eigenvalue weighted by atomic mass is 16.5. The van der Waals surface area contributed by atoms with E-state index < -0.39 is 6.10 Å². The first kappa shape index (κ1) is 13.7. The van der Waals surface area contributed by atoms with Crippen molar-refractivity contribution in [3.8, 4) is 5.69 Å². The second-order valence-corrected chi connectivity index (χ2v) is 4.81. The van der Waals surface area contributed by atoms with E-state index in [1.807, 2.05) is 25.1 Å². The predicted molar refractivity (Wildman–Crippen MR) is 75.1 cm³/mol. The minimum absolute atomic E-state index is 0.154. The number of aryl methyl sites for hydroxylation is 1. The molecule has 110 valence electrons. The number of ether oxygens (including phenoxy) is 1. The molecule has 21 heavy (non-hydrogen) atoms. The molecule has 8 nitrogen and oxygen atoms in total. The summed E-state index contributed by atoms with van der Waals surface area (Å²) in [6.07, 6.45) is 1.04. The van der Waals surface area contributed by atoms with Gasteiger partial charge in [-0.15, -0.1) is 5.10 Å². The van der Waals surface area contributed by atoms with E-state index in [-0.39, 0.29) is 5.91 Å². The molecule has 1 saturated heterocycles. The molecule has 0 radical (unpaired) electrons. The summed E-state index contributed by atoms with van der Waals surface area (Å²) in [5.74, 6) is -0.154. The summed E-state index contributed by atoms with van der Waals surface area (Å²) in [4.78, 5) is 12.2. The Hall–Kier alpha value is -2.32. The Morgan fingerprint density at radius 1 is 1.52 bits per heavy atom. The molecule has 2 heterocycles. The van der Waals surface area contributed by atoms with E-state index in [1.165, 1.54) is 11.0 Å². The molecule has 0 spiro atoms. The van der Waals surface area contributed by atoms with Crippen LogP contribution in [0.15, 0.2) is 24.5 Å². The van der Waals surface area contributed by atoms with E-state index >= 15 is 0 Å². The molecule has 3 rings (SSSR count). The number of anilines is 1. The standard InChI is InChI=1S/C13H16N6O2/c1-9-2-3-10(19-8-15-17-18-19)6-11(9)16-13(20)12-7-14-4-5-21-12/h2-3,6,8,12,14H,4-5,7H2,1H3,(H,16,20). The average Bonchev–Trinajstić information content (AvgIpc) is 3.04. The number of nitrogens with one attached hydrogen (secondary N) is 2. The second kappa shape index (κ2) is 5.98. The third kappa shape index (κ3) is 3.06. The van der Waals surface area contributed by atoms with Crippen LogP contribution >= 0.6 is 0 Å². The lowest BCUT2D eigenvalue weighted by Crippen LogP contribution is -2.45. The normalized spacial score (nSPS) is 18.4. The lowest BCUT2D eigenvalue weighted by molar-refractivity contribution is -0.128. The second-order valence-electron chi connectivity index (χ2n) is 4.81. The molecule has 1 amide bonds. The molecule has 1 fully saturated rings. The van der Waals surface area contributed by atoms with Gasteiger partial charge in [0.15, 0.2) is 0 Å². The zero-order valence-electron chi connectivity index (χ0n) is 11.6. The Bertz CT molecular complexity index is 622. The zero-order chi connectivity index (χ0) is 14.7. The van der Waals surface area contributed by atoms with E-state index in [9.17, 15) is 4.79 Å². The average molecular weight is 288 g/mol. The quantitative estimate of drug-likeness (QED) is 0.819. The van der Waals surface area contributed by atoms with Crippen molar-refractivity contribution < 1.29 is 9.53 Å². The maximum absolute atomic E-state index is 12.2. The molecule has 1 aliphatic rings. The van der Waals surface area contributed by atoms with Gasteiger partial charge in [0.2, 0.25) is 0 Å². The molecule has 1 unspecified atom stereocenters. The van der Waals surface area contributed by atoms with E-state index in [2.05, 4.69) is 26.2 Å². The van der Waals surface area contributed by atoms with Crippen LogP contribution in [0, 0.1) is 6.92 Å². The summed E-state index contributed by atoms with van der Waals surface area (Å²) in [5, 5.41) is 17.1. The number of benzene rings is 1. The molecule has 2 aromatic rings. The fourth-order valence-electron chi connectivity index (χ4n) is 2.11. The van der Waals surface area contributed by atoms with E-state index in [4.69, 9.17) is 4.74 Å². The number of hydrogen-bond donors (Lipinski definition) is 2. The van der Waals surface area contributed by atoms with Crippen LogP contribution in [0.25, 0.3) is 5.69 Å². The van der Waals surface area contributed by atoms with Gasteiger partial charge in [-0.1, -0.05) is 6.07 Å². The van der Waals surface area contributed by atoms with Crippen molar-refractivity contribution in [1.82, 2.24) is 25.5 Å². The number of rotatable bonds is 3. The van der Waals surface area contributed by atoms with Crippen LogP contribution in [0.5, 0.6) is 0 Å². The van der Waals surface area contributed by atoms with Crippen molar-refractivity contribution in [2.45, 2.75) is 13.0 Å². The lowest BCUT2D eigenvalue weighted by Gasteiger charge is -2.23. The Labute approximate surface area is 121 Å². The van der Waals surface area contributed by atoms with Gasteiger partial charge in [0.25, 0.3) is 5.91 Å². The maximum Gasteiger partial charge on any atom is 0.254 e. The van der Waals surface area contributed by atoms with Gasteiger partial charge in [-0.25, -0.2) is 4.68 Å². The number of carbonyl (C=O) groups is 1. The molecular weight excluding hydrogens is 272 g/mol. The van der Waals surface area contributed by atoms with Gasteiger partial charge in [0.1, 0.15) is 12.4 Å². The van der Waals surface area contributed by atoms with Crippen molar-refractivity contribution in [3.63, 3.8) is 0 Å². The van der Waals surface area contributed by atoms with Crippen LogP contribution in [0.4, 0.5) is 5.69 Å². The first-order chi connectivity index (χ1) is 10.2. The summed E-state index contributed by atoms with van der Waals surface area (Å²) in [7, 11) is 0. The van der Waals surface area contributed by atoms with Crippen molar-refractivity contribution in [1.29, 1.82) is 0 Å². The highest BCUT2D eigenvalue weighted by Gasteiger charge is 2.22. The van der Waals surface area contributed by atoms with Crippen molar-refractivity contribution in [2.75, 3.05) is 25.0 Å². The van der Waals surface area contributed by atoms with Gasteiger partial charge in [0.05, 0.1) is 12.3 Å². The minimum atomic E-state index is -0.463. The molecular formula is C13H16N6O2. The van der Waals surface area contributed by atoms with Gasteiger partial charge in [-0.2, -0.15) is 0 Å². The topological polar surface area (TPSA) is 94.0 Å². The molecule has 8 heteroatoms. The Morgan fingerprint density at radius 3 is 3.14 bits per heavy atom. The highest BCUT2D eigenvalue weighted by Crippen LogP contribution is 2.19. The number of hydrogen-bond acceptors (Lipinski definition) is 6. The maximum atomic E-state index is 12.2. The van der Waals surface area contributed by atoms with Gasteiger partial charge in [0, 0.05) is 18.8 Å². The van der Waals surface area contributed by atoms with E-state index in [0.717, 1.165) is 23.5 Å². The molecule has 1 aliphatic heterocycles. The Kier molecular flexibility index (Phi) is 3.89. The van der Waals surface area contributed by atoms with Crippen LogP contribution in [-0.2, 0) is 9.53 Å². The minimum Gasteiger partial charge on any atom is -0.366 e. The molecule has 0 saturated carbocycles. The zero-order valence-corrected chi connectivity index (χ0v) is 11.6. The van der Waals surface area contributed by atoms with E-state index in [0.29, 0.717) is 13.2 Å². The van der Waals surface area contributed by atoms with E-state index in [1.54, 1.807) is 0 Å². The number of morpholine rings is 1. The van der Waals surface area contributed by atoms with Crippen LogP contribution in [-0.4, -0.2) is 51.9 Å². The van der Waals surface area contributed by atoms with Gasteiger partial charge < -0.3 is 15.4 Å². The Morgan fingerprint density at radius 2 is 2.43 bits per heavy atom. The largest absolute Gasteiger partial charge is 0.366 e. The predicted octanol–water partition coefficient (Wildman–Crippen LogP) is -0.102. The number of aromatic nitrogens is 4. The molecule has 1 aromatic heterocycles. The summed E-state index contributed by atoms with van der Waals surface area (Å²) in [6, 6.07) is 5.63. The summed E-state index contributed by atoms with van der Waals surface area (Å²) in [5.41, 5.74) is 2.47. The van der Waals surface area contributed by atoms with Crippen molar-refractivity contribution >= 4 is 11.6 Å². The Balaban J connectivity index is 1.78. The fraction of sp³-hybridized carbons (Fsp3) is 0.385. The first-order valence-corrected chi connectivity index (χ1v) is 6.71. The van der Waals surface area contributed by atoms with Crippen molar-refractivity contribution in [2.24, 2.45) is 0 Å². The third-order valence-electron chi connectivity index (χ3n) is 3.31. The molecule has 1 atom stereocenters. The summed E-state index contributed by atoms with van der Waals surface area (Å²) >= 11 is 0. The number of tetrazole rings is 1. The van der Waals surface area contributed by atoms with Crippen LogP contribution in [0.1, 0.15) is 5.56 Å². The summed E-state index contributed by atoms with van der Waals surface area (Å²) in [6.45, 7) is 3.77. The van der Waals surface area contributed by atoms with Gasteiger partial charge >= 0.3 is 0 Å².